The molecule has 0 aliphatic rings. The van der Waals surface area contributed by atoms with Crippen molar-refractivity contribution >= 4 is 60.6 Å². The lowest BCUT2D eigenvalue weighted by atomic mass is 10.2. The standard InChI is InChI=1S/C19H16Br2ClN3O2/c1-10(2)18-24-16-5-4-12(20)8-13(16)19(26)25(18)23-9-11-6-14(21)17(27-3)15(22)7-11/h4-10H,1-3H3. The second-order valence-electron chi connectivity index (χ2n) is 6.17. The molecule has 0 spiro atoms. The van der Waals surface area contributed by atoms with E-state index in [4.69, 9.17) is 16.3 Å². The normalized spacial score (nSPS) is 11.7. The second kappa shape index (κ2) is 8.12. The van der Waals surface area contributed by atoms with E-state index in [-0.39, 0.29) is 11.5 Å². The number of benzene rings is 2. The summed E-state index contributed by atoms with van der Waals surface area (Å²) < 4.78 is 8.09. The molecule has 3 aromatic rings. The summed E-state index contributed by atoms with van der Waals surface area (Å²) in [5, 5.41) is 5.35. The minimum atomic E-state index is -0.222. The molecule has 1 aromatic heterocycles. The summed E-state index contributed by atoms with van der Waals surface area (Å²) >= 11 is 13.0. The highest BCUT2D eigenvalue weighted by Gasteiger charge is 2.14. The maximum Gasteiger partial charge on any atom is 0.282 e. The minimum Gasteiger partial charge on any atom is -0.494 e. The average Bonchev–Trinajstić information content (AvgIpc) is 2.61. The van der Waals surface area contributed by atoms with Gasteiger partial charge in [-0.05, 0) is 51.8 Å². The molecule has 8 heteroatoms. The van der Waals surface area contributed by atoms with Gasteiger partial charge in [0.2, 0.25) is 0 Å². The molecule has 0 aliphatic carbocycles. The highest BCUT2D eigenvalue weighted by Crippen LogP contribution is 2.33. The predicted octanol–water partition coefficient (Wildman–Crippen LogP) is 5.59. The number of halogens is 3. The van der Waals surface area contributed by atoms with Crippen LogP contribution in [0, 0.1) is 0 Å². The van der Waals surface area contributed by atoms with Crippen LogP contribution in [0.25, 0.3) is 10.9 Å². The van der Waals surface area contributed by atoms with E-state index in [1.54, 1.807) is 25.5 Å². The third-order valence-corrected chi connectivity index (χ3v) is 5.26. The van der Waals surface area contributed by atoms with E-state index in [0.717, 1.165) is 10.0 Å². The Balaban J connectivity index is 2.16. The fourth-order valence-corrected chi connectivity index (χ4v) is 4.04. The van der Waals surface area contributed by atoms with Gasteiger partial charge in [0.05, 0.1) is 33.7 Å². The van der Waals surface area contributed by atoms with Gasteiger partial charge >= 0.3 is 0 Å². The number of aromatic nitrogens is 2. The van der Waals surface area contributed by atoms with Gasteiger partial charge in [-0.25, -0.2) is 4.98 Å². The Kier molecular flexibility index (Phi) is 6.03. The van der Waals surface area contributed by atoms with Crippen molar-refractivity contribution in [2.75, 3.05) is 7.11 Å². The summed E-state index contributed by atoms with van der Waals surface area (Å²) in [5.41, 5.74) is 1.15. The molecule has 27 heavy (non-hydrogen) atoms. The van der Waals surface area contributed by atoms with Gasteiger partial charge in [0.1, 0.15) is 5.82 Å². The van der Waals surface area contributed by atoms with E-state index in [1.165, 1.54) is 4.68 Å². The first-order chi connectivity index (χ1) is 12.8. The lowest BCUT2D eigenvalue weighted by Gasteiger charge is -2.12. The Morgan fingerprint density at radius 2 is 2.00 bits per heavy atom. The van der Waals surface area contributed by atoms with Gasteiger partial charge in [-0.3, -0.25) is 4.79 Å². The van der Waals surface area contributed by atoms with Crippen LogP contribution < -0.4 is 10.3 Å². The zero-order valence-electron chi connectivity index (χ0n) is 14.8. The van der Waals surface area contributed by atoms with Gasteiger partial charge in [-0.15, -0.1) is 0 Å². The van der Waals surface area contributed by atoms with Crippen LogP contribution in [0.3, 0.4) is 0 Å². The number of hydrogen-bond acceptors (Lipinski definition) is 4. The molecular formula is C19H16Br2ClN3O2. The van der Waals surface area contributed by atoms with Crippen LogP contribution in [0.5, 0.6) is 5.75 Å². The van der Waals surface area contributed by atoms with Crippen molar-refractivity contribution in [2.24, 2.45) is 5.10 Å². The molecule has 2 aromatic carbocycles. The van der Waals surface area contributed by atoms with Crippen molar-refractivity contribution < 1.29 is 4.74 Å². The van der Waals surface area contributed by atoms with Crippen LogP contribution in [0.4, 0.5) is 0 Å². The molecule has 140 valence electrons. The van der Waals surface area contributed by atoms with Crippen molar-refractivity contribution in [3.63, 3.8) is 0 Å². The Bertz CT molecular complexity index is 1090. The van der Waals surface area contributed by atoms with Crippen molar-refractivity contribution in [2.45, 2.75) is 19.8 Å². The van der Waals surface area contributed by atoms with E-state index >= 15 is 0 Å². The molecule has 0 saturated carbocycles. The third kappa shape index (κ3) is 4.10. The summed E-state index contributed by atoms with van der Waals surface area (Å²) in [6.45, 7) is 3.94. The largest absolute Gasteiger partial charge is 0.494 e. The topological polar surface area (TPSA) is 56.5 Å². The van der Waals surface area contributed by atoms with E-state index in [1.807, 2.05) is 32.0 Å². The van der Waals surface area contributed by atoms with Crippen molar-refractivity contribution in [1.29, 1.82) is 0 Å². The number of fused-ring (bicyclic) bond motifs is 1. The van der Waals surface area contributed by atoms with Crippen LogP contribution in [0.15, 0.2) is 49.2 Å². The van der Waals surface area contributed by atoms with E-state index in [0.29, 0.717) is 32.0 Å². The van der Waals surface area contributed by atoms with Crippen molar-refractivity contribution in [3.05, 3.63) is 66.0 Å². The Morgan fingerprint density at radius 3 is 2.63 bits per heavy atom. The number of methoxy groups -OCH3 is 1. The zero-order valence-corrected chi connectivity index (χ0v) is 18.8. The average molecular weight is 514 g/mol. The minimum absolute atomic E-state index is 0.0223. The van der Waals surface area contributed by atoms with E-state index in [9.17, 15) is 4.79 Å². The molecule has 0 aliphatic heterocycles. The van der Waals surface area contributed by atoms with Gasteiger partial charge in [0, 0.05) is 10.4 Å². The van der Waals surface area contributed by atoms with Gasteiger partial charge in [0.25, 0.3) is 5.56 Å². The molecule has 0 amide bonds. The van der Waals surface area contributed by atoms with Crippen LogP contribution in [0.1, 0.15) is 31.2 Å². The summed E-state index contributed by atoms with van der Waals surface area (Å²) in [6, 6.07) is 8.98. The molecule has 0 radical (unpaired) electrons. The third-order valence-electron chi connectivity index (χ3n) is 3.90. The maximum atomic E-state index is 13.0. The summed E-state index contributed by atoms with van der Waals surface area (Å²) in [4.78, 5) is 17.6. The van der Waals surface area contributed by atoms with Crippen LogP contribution >= 0.6 is 43.5 Å². The smallest absolute Gasteiger partial charge is 0.282 e. The molecule has 0 saturated heterocycles. The fourth-order valence-electron chi connectivity index (χ4n) is 2.62. The maximum absolute atomic E-state index is 13.0. The predicted molar refractivity (Wildman–Crippen MR) is 116 cm³/mol. The second-order valence-corrected chi connectivity index (χ2v) is 8.34. The highest BCUT2D eigenvalue weighted by atomic mass is 79.9. The lowest BCUT2D eigenvalue weighted by Crippen LogP contribution is -2.23. The van der Waals surface area contributed by atoms with Gasteiger partial charge in [0.15, 0.2) is 5.75 Å². The molecule has 1 heterocycles. The number of rotatable bonds is 4. The fraction of sp³-hybridized carbons (Fsp3) is 0.211. The first kappa shape index (κ1) is 20.0. The molecule has 0 fully saturated rings. The monoisotopic (exact) mass is 511 g/mol. The van der Waals surface area contributed by atoms with E-state index < -0.39 is 0 Å². The molecule has 0 N–H and O–H groups in total. The van der Waals surface area contributed by atoms with Crippen LogP contribution in [-0.4, -0.2) is 23.0 Å². The molecule has 0 atom stereocenters. The SMILES string of the molecule is COc1c(Cl)cc(C=Nn2c(C(C)C)nc3ccc(Br)cc3c2=O)cc1Br. The van der Waals surface area contributed by atoms with Crippen molar-refractivity contribution in [1.82, 2.24) is 9.66 Å². The first-order valence-electron chi connectivity index (χ1n) is 8.11. The highest BCUT2D eigenvalue weighted by molar-refractivity contribution is 9.10. The first-order valence-corrected chi connectivity index (χ1v) is 10.1. The molecule has 5 nitrogen and oxygen atoms in total. The van der Waals surface area contributed by atoms with Gasteiger partial charge < -0.3 is 4.74 Å². The number of nitrogens with zero attached hydrogens (tertiary/aromatic N) is 3. The van der Waals surface area contributed by atoms with Crippen LogP contribution in [-0.2, 0) is 0 Å². The Morgan fingerprint density at radius 1 is 1.26 bits per heavy atom. The summed E-state index contributed by atoms with van der Waals surface area (Å²) in [5.74, 6) is 1.16. The number of ether oxygens (including phenoxy) is 1. The Labute approximate surface area is 178 Å². The van der Waals surface area contributed by atoms with Crippen molar-refractivity contribution in [3.8, 4) is 5.75 Å². The quantitative estimate of drug-likeness (QED) is 0.428. The molecule has 3 rings (SSSR count). The molecule has 0 unspecified atom stereocenters. The molecule has 0 bridgehead atoms. The summed E-state index contributed by atoms with van der Waals surface area (Å²) in [6.07, 6.45) is 1.58. The van der Waals surface area contributed by atoms with Gasteiger partial charge in [-0.1, -0.05) is 41.4 Å². The Hall–Kier alpha value is -1.70. The lowest BCUT2D eigenvalue weighted by molar-refractivity contribution is 0.412. The van der Waals surface area contributed by atoms with Crippen LogP contribution in [0.2, 0.25) is 5.02 Å². The van der Waals surface area contributed by atoms with E-state index in [2.05, 4.69) is 41.9 Å². The zero-order chi connectivity index (χ0) is 19.7. The summed E-state index contributed by atoms with van der Waals surface area (Å²) in [7, 11) is 1.55. The molecular weight excluding hydrogens is 497 g/mol. The number of hydrogen-bond donors (Lipinski definition) is 0. The van der Waals surface area contributed by atoms with Gasteiger partial charge in [-0.2, -0.15) is 9.78 Å².